The summed E-state index contributed by atoms with van der Waals surface area (Å²) in [5.41, 5.74) is 1.54. The minimum Gasteiger partial charge on any atom is -0.491 e. The molecule has 0 N–H and O–H groups in total. The Balaban J connectivity index is 1.87. The van der Waals surface area contributed by atoms with Crippen molar-refractivity contribution < 1.29 is 14.3 Å². The Morgan fingerprint density at radius 1 is 1.14 bits per heavy atom. The molecule has 8 heteroatoms. The van der Waals surface area contributed by atoms with Gasteiger partial charge in [0.1, 0.15) is 5.75 Å². The molecular weight excluding hydrogens is 533 g/mol. The average molecular weight is 548 g/mol. The summed E-state index contributed by atoms with van der Waals surface area (Å²) in [5, 5.41) is 0.781. The molecule has 1 heterocycles. The molecule has 0 aromatic heterocycles. The lowest BCUT2D eigenvalue weighted by molar-refractivity contribution is -0.129. The number of halogens is 4. The van der Waals surface area contributed by atoms with Gasteiger partial charge in [0, 0.05) is 5.56 Å². The summed E-state index contributed by atoms with van der Waals surface area (Å²) in [5.74, 6) is 0.383. The summed E-state index contributed by atoms with van der Waals surface area (Å²) >= 11 is 19.0. The summed E-state index contributed by atoms with van der Waals surface area (Å²) in [7, 11) is 0. The maximum atomic E-state index is 12.2. The number of rotatable bonds is 6. The van der Waals surface area contributed by atoms with Crippen LogP contribution in [0, 0.1) is 0 Å². The third kappa shape index (κ3) is 4.98. The van der Waals surface area contributed by atoms with Crippen molar-refractivity contribution in [2.75, 3.05) is 6.61 Å². The molecule has 2 aromatic rings. The summed E-state index contributed by atoms with van der Waals surface area (Å²) in [6.07, 6.45) is 3.68. The maximum Gasteiger partial charge on any atom is 0.363 e. The molecule has 4 nitrogen and oxygen atoms in total. The van der Waals surface area contributed by atoms with Gasteiger partial charge >= 0.3 is 5.97 Å². The van der Waals surface area contributed by atoms with E-state index in [9.17, 15) is 4.79 Å². The van der Waals surface area contributed by atoms with Crippen LogP contribution in [0.1, 0.15) is 30.9 Å². The van der Waals surface area contributed by atoms with Crippen LogP contribution >= 0.6 is 55.1 Å². The van der Waals surface area contributed by atoms with Crippen LogP contribution in [0.4, 0.5) is 0 Å². The molecule has 0 atom stereocenters. The number of aliphatic imine (C=N–C) groups is 1. The number of nitrogens with zero attached hydrogens (tertiary/aromatic N) is 1. The fourth-order valence-corrected chi connectivity index (χ4v) is 4.19. The first-order valence-corrected chi connectivity index (χ1v) is 10.8. The molecule has 3 rings (SSSR count). The van der Waals surface area contributed by atoms with Gasteiger partial charge < -0.3 is 9.47 Å². The number of carbonyl (C=O) groups is 1. The van der Waals surface area contributed by atoms with E-state index in [1.807, 2.05) is 12.1 Å². The Bertz CT molecular complexity index is 966. The van der Waals surface area contributed by atoms with Gasteiger partial charge in [-0.15, -0.1) is 0 Å². The molecule has 28 heavy (non-hydrogen) atoms. The molecule has 0 bridgehead atoms. The van der Waals surface area contributed by atoms with Gasteiger partial charge in [-0.2, -0.15) is 0 Å². The largest absolute Gasteiger partial charge is 0.491 e. The molecule has 1 aliphatic rings. The summed E-state index contributed by atoms with van der Waals surface area (Å²) in [6.45, 7) is 2.74. The Labute approximate surface area is 189 Å². The minimum atomic E-state index is -0.531. The quantitative estimate of drug-likeness (QED) is 0.221. The summed E-state index contributed by atoms with van der Waals surface area (Å²) in [4.78, 5) is 16.5. The molecule has 0 unspecified atom stereocenters. The van der Waals surface area contributed by atoms with E-state index in [1.165, 1.54) is 0 Å². The van der Waals surface area contributed by atoms with Gasteiger partial charge in [0.2, 0.25) is 5.90 Å². The monoisotopic (exact) mass is 545 g/mol. The van der Waals surface area contributed by atoms with Crippen LogP contribution in [0.25, 0.3) is 6.08 Å². The number of ether oxygens (including phenoxy) is 2. The van der Waals surface area contributed by atoms with Crippen LogP contribution < -0.4 is 4.74 Å². The van der Waals surface area contributed by atoms with Crippen LogP contribution in [0.3, 0.4) is 0 Å². The van der Waals surface area contributed by atoms with Crippen molar-refractivity contribution in [2.24, 2.45) is 4.99 Å². The van der Waals surface area contributed by atoms with E-state index in [2.05, 4.69) is 43.8 Å². The number of carbonyl (C=O) groups excluding carboxylic acids is 1. The van der Waals surface area contributed by atoms with E-state index < -0.39 is 5.97 Å². The van der Waals surface area contributed by atoms with E-state index in [0.717, 1.165) is 33.1 Å². The topological polar surface area (TPSA) is 47.9 Å². The third-order valence-corrected chi connectivity index (χ3v) is 5.77. The van der Waals surface area contributed by atoms with Gasteiger partial charge in [0.05, 0.1) is 25.6 Å². The van der Waals surface area contributed by atoms with Crippen molar-refractivity contribution in [3.05, 3.63) is 66.1 Å². The van der Waals surface area contributed by atoms with Gasteiger partial charge in [-0.25, -0.2) is 9.79 Å². The van der Waals surface area contributed by atoms with Crippen molar-refractivity contribution >= 4 is 73.0 Å². The van der Waals surface area contributed by atoms with E-state index in [-0.39, 0.29) is 11.6 Å². The fourth-order valence-electron chi connectivity index (χ4n) is 2.44. The minimum absolute atomic E-state index is 0.187. The standard InChI is InChI=1S/C20H15Br2Cl2NO3/c1-2-3-6-27-18-13(21)7-11(8-14(18)22)9-17-20(26)28-19(25-17)12-4-5-15(23)16(24)10-12/h4-5,7-10H,2-3,6H2,1H3/b17-9-. The third-order valence-electron chi connectivity index (χ3n) is 3.86. The number of unbranched alkanes of at least 4 members (excludes halogenated alkanes) is 1. The van der Waals surface area contributed by atoms with Crippen molar-refractivity contribution in [3.63, 3.8) is 0 Å². The predicted molar refractivity (Wildman–Crippen MR) is 119 cm³/mol. The molecule has 0 amide bonds. The van der Waals surface area contributed by atoms with E-state index in [1.54, 1.807) is 24.3 Å². The van der Waals surface area contributed by atoms with Gasteiger partial charge in [0.15, 0.2) is 5.70 Å². The van der Waals surface area contributed by atoms with Crippen LogP contribution in [0.15, 0.2) is 50.0 Å². The van der Waals surface area contributed by atoms with E-state index >= 15 is 0 Å². The number of esters is 1. The van der Waals surface area contributed by atoms with Crippen LogP contribution in [-0.4, -0.2) is 18.5 Å². The van der Waals surface area contributed by atoms with Gasteiger partial charge in [-0.3, -0.25) is 0 Å². The van der Waals surface area contributed by atoms with Crippen molar-refractivity contribution in [1.29, 1.82) is 0 Å². The molecule has 0 fully saturated rings. The number of hydrogen-bond donors (Lipinski definition) is 0. The van der Waals surface area contributed by atoms with Crippen LogP contribution in [0.2, 0.25) is 10.0 Å². The smallest absolute Gasteiger partial charge is 0.363 e. The SMILES string of the molecule is CCCCOc1c(Br)cc(/C=C2\N=C(c3ccc(Cl)c(Cl)c3)OC2=O)cc1Br. The fraction of sp³-hybridized carbons (Fsp3) is 0.200. The van der Waals surface area contributed by atoms with E-state index in [4.69, 9.17) is 32.7 Å². The lowest BCUT2D eigenvalue weighted by Gasteiger charge is -2.11. The first kappa shape index (κ1) is 21.4. The number of hydrogen-bond acceptors (Lipinski definition) is 4. The normalized spacial score (nSPS) is 15.0. The van der Waals surface area contributed by atoms with Crippen molar-refractivity contribution in [2.45, 2.75) is 19.8 Å². The molecule has 0 aliphatic carbocycles. The maximum absolute atomic E-state index is 12.2. The Morgan fingerprint density at radius 3 is 2.50 bits per heavy atom. The lowest BCUT2D eigenvalue weighted by Crippen LogP contribution is -2.05. The van der Waals surface area contributed by atoms with Gasteiger partial charge in [-0.1, -0.05) is 36.5 Å². The average Bonchev–Trinajstić information content (AvgIpc) is 3.00. The van der Waals surface area contributed by atoms with Crippen LogP contribution in [-0.2, 0) is 9.53 Å². The highest BCUT2D eigenvalue weighted by atomic mass is 79.9. The number of benzene rings is 2. The molecule has 2 aromatic carbocycles. The van der Waals surface area contributed by atoms with Crippen molar-refractivity contribution in [1.82, 2.24) is 0 Å². The molecule has 1 aliphatic heterocycles. The molecule has 0 radical (unpaired) electrons. The second-order valence-corrected chi connectivity index (χ2v) is 8.50. The molecule has 0 saturated carbocycles. The second kappa shape index (κ2) is 9.44. The first-order chi connectivity index (χ1) is 13.4. The van der Waals surface area contributed by atoms with Crippen molar-refractivity contribution in [3.8, 4) is 5.75 Å². The van der Waals surface area contributed by atoms with Gasteiger partial charge in [0.25, 0.3) is 0 Å². The van der Waals surface area contributed by atoms with Gasteiger partial charge in [-0.05, 0) is 80.3 Å². The Kier molecular flexibility index (Phi) is 7.20. The second-order valence-electron chi connectivity index (χ2n) is 5.98. The molecule has 0 spiro atoms. The zero-order valence-corrected chi connectivity index (χ0v) is 19.5. The first-order valence-electron chi connectivity index (χ1n) is 8.49. The zero-order chi connectivity index (χ0) is 20.3. The lowest BCUT2D eigenvalue weighted by atomic mass is 10.2. The summed E-state index contributed by atoms with van der Waals surface area (Å²) < 4.78 is 12.6. The molecule has 0 saturated heterocycles. The molecular formula is C20H15Br2Cl2NO3. The Morgan fingerprint density at radius 2 is 1.86 bits per heavy atom. The number of cyclic esters (lactones) is 1. The Hall–Kier alpha value is -1.34. The predicted octanol–water partition coefficient (Wildman–Crippen LogP) is 7.04. The highest BCUT2D eigenvalue weighted by Crippen LogP contribution is 2.36. The van der Waals surface area contributed by atoms with E-state index in [0.29, 0.717) is 22.2 Å². The zero-order valence-electron chi connectivity index (χ0n) is 14.8. The highest BCUT2D eigenvalue weighted by Gasteiger charge is 2.25. The van der Waals surface area contributed by atoms with Crippen LogP contribution in [0.5, 0.6) is 5.75 Å². The molecule has 146 valence electrons. The summed E-state index contributed by atoms with van der Waals surface area (Å²) in [6, 6.07) is 8.65. The highest BCUT2D eigenvalue weighted by molar-refractivity contribution is 9.11.